The fraction of sp³-hybridized carbons (Fsp3) is 0.800. The first-order valence-corrected chi connectivity index (χ1v) is 8.57. The topological polar surface area (TPSA) is 44.5 Å². The molecule has 1 aromatic heterocycles. The molecule has 0 aromatic carbocycles. The highest BCUT2D eigenvalue weighted by molar-refractivity contribution is 9.10. The van der Waals surface area contributed by atoms with Crippen molar-refractivity contribution >= 4 is 15.9 Å². The summed E-state index contributed by atoms with van der Waals surface area (Å²) >= 11 is 3.57. The minimum absolute atomic E-state index is 0.758. The molecule has 0 atom stereocenters. The maximum Gasteiger partial charge on any atom is 0.110 e. The lowest BCUT2D eigenvalue weighted by molar-refractivity contribution is -0.0333. The molecule has 0 aliphatic carbocycles. The van der Waals surface area contributed by atoms with Crippen molar-refractivity contribution in [1.82, 2.24) is 19.6 Å². The number of nitrogens with zero attached hydrogens (tertiary/aromatic N) is 4. The van der Waals surface area contributed by atoms with Gasteiger partial charge in [0.1, 0.15) is 5.60 Å². The van der Waals surface area contributed by atoms with Gasteiger partial charge >= 0.3 is 0 Å². The third-order valence-corrected chi connectivity index (χ3v) is 4.80. The lowest BCUT2D eigenvalue weighted by Crippen LogP contribution is -2.44. The molecule has 6 heteroatoms. The van der Waals surface area contributed by atoms with Crippen LogP contribution in [0.5, 0.6) is 0 Å². The molecule has 2 heterocycles. The number of hydrogen-bond donors (Lipinski definition) is 1. The summed E-state index contributed by atoms with van der Waals surface area (Å²) in [6.45, 7) is 6.95. The average molecular weight is 359 g/mol. The van der Waals surface area contributed by atoms with Crippen LogP contribution in [0.1, 0.15) is 31.9 Å². The Bertz CT molecular complexity index is 453. The molecule has 0 spiro atoms. The normalized spacial score (nSPS) is 19.3. The van der Waals surface area contributed by atoms with Crippen LogP contribution < -0.4 is 0 Å². The summed E-state index contributed by atoms with van der Waals surface area (Å²) in [4.78, 5) is 4.57. The zero-order valence-corrected chi connectivity index (χ0v) is 14.9. The molecule has 1 aromatic rings. The Morgan fingerprint density at radius 1 is 1.33 bits per heavy atom. The molecule has 21 heavy (non-hydrogen) atoms. The molecule has 0 unspecified atom stereocenters. The van der Waals surface area contributed by atoms with Gasteiger partial charge in [0.2, 0.25) is 0 Å². The molecule has 0 saturated carbocycles. The third-order valence-electron chi connectivity index (χ3n) is 4.22. The fourth-order valence-corrected chi connectivity index (χ4v) is 3.65. The van der Waals surface area contributed by atoms with Crippen LogP contribution in [0.15, 0.2) is 10.7 Å². The summed E-state index contributed by atoms with van der Waals surface area (Å²) in [5.41, 5.74) is 0.187. The summed E-state index contributed by atoms with van der Waals surface area (Å²) in [6, 6.07) is 0. The number of likely N-dealkylation sites (tertiary alicyclic amines) is 1. The highest BCUT2D eigenvalue weighted by Gasteiger charge is 2.38. The Morgan fingerprint density at radius 3 is 2.57 bits per heavy atom. The summed E-state index contributed by atoms with van der Waals surface area (Å²) in [7, 11) is 4.10. The molecule has 1 N–H and O–H groups in total. The largest absolute Gasteiger partial charge is 0.383 e. The molecule has 1 aliphatic heterocycles. The molecule has 0 radical (unpaired) electrons. The van der Waals surface area contributed by atoms with Gasteiger partial charge in [-0.2, -0.15) is 5.10 Å². The van der Waals surface area contributed by atoms with Crippen LogP contribution >= 0.6 is 15.9 Å². The van der Waals surface area contributed by atoms with Crippen LogP contribution in [0.25, 0.3) is 0 Å². The Hall–Kier alpha value is -0.430. The van der Waals surface area contributed by atoms with E-state index >= 15 is 0 Å². The van der Waals surface area contributed by atoms with Crippen molar-refractivity contribution in [2.75, 3.05) is 40.3 Å². The monoisotopic (exact) mass is 358 g/mol. The molecular weight excluding hydrogens is 332 g/mol. The SMILES string of the molecule is CCCN1CCC(O)(c2c(Br)cnn2CCN(C)C)CC1. The standard InChI is InChI=1S/C15H27BrN4O/c1-4-7-19-8-5-15(21,6-9-19)14-13(16)12-17-20(14)11-10-18(2)3/h12,21H,4-11H2,1-3H3. The molecule has 1 aliphatic rings. The first-order chi connectivity index (χ1) is 9.96. The van der Waals surface area contributed by atoms with Gasteiger partial charge < -0.3 is 14.9 Å². The van der Waals surface area contributed by atoms with Crippen molar-refractivity contribution in [3.05, 3.63) is 16.4 Å². The second kappa shape index (κ2) is 7.22. The quantitative estimate of drug-likeness (QED) is 0.843. The zero-order chi connectivity index (χ0) is 15.5. The van der Waals surface area contributed by atoms with Crippen LogP contribution in [0.3, 0.4) is 0 Å². The van der Waals surface area contributed by atoms with Gasteiger partial charge in [-0.1, -0.05) is 6.92 Å². The molecule has 0 amide bonds. The van der Waals surface area contributed by atoms with Gasteiger partial charge in [0, 0.05) is 19.6 Å². The maximum absolute atomic E-state index is 11.1. The maximum atomic E-state index is 11.1. The number of hydrogen-bond acceptors (Lipinski definition) is 4. The van der Waals surface area contributed by atoms with Crippen LogP contribution in [-0.2, 0) is 12.1 Å². The van der Waals surface area contributed by atoms with Gasteiger partial charge in [-0.3, -0.25) is 4.68 Å². The van der Waals surface area contributed by atoms with Crippen molar-refractivity contribution in [3.8, 4) is 0 Å². The van der Waals surface area contributed by atoms with E-state index < -0.39 is 5.60 Å². The summed E-state index contributed by atoms with van der Waals surface area (Å²) in [5.74, 6) is 0. The Kier molecular flexibility index (Phi) is 5.82. The second-order valence-corrected chi connectivity index (χ2v) is 7.10. The van der Waals surface area contributed by atoms with Gasteiger partial charge in [-0.25, -0.2) is 0 Å². The number of rotatable bonds is 6. The predicted octanol–water partition coefficient (Wildman–Crippen LogP) is 1.90. The van der Waals surface area contributed by atoms with E-state index in [1.165, 1.54) is 6.42 Å². The highest BCUT2D eigenvalue weighted by Crippen LogP contribution is 2.36. The van der Waals surface area contributed by atoms with Crippen molar-refractivity contribution in [2.24, 2.45) is 0 Å². The molecule has 5 nitrogen and oxygen atoms in total. The lowest BCUT2D eigenvalue weighted by Gasteiger charge is -2.38. The average Bonchev–Trinajstić information content (AvgIpc) is 2.81. The summed E-state index contributed by atoms with van der Waals surface area (Å²) in [5, 5.41) is 15.5. The van der Waals surface area contributed by atoms with Crippen LogP contribution in [0, 0.1) is 0 Å². The van der Waals surface area contributed by atoms with E-state index in [-0.39, 0.29) is 0 Å². The molecule has 2 rings (SSSR count). The smallest absolute Gasteiger partial charge is 0.110 e. The Labute approximate surface area is 136 Å². The van der Waals surface area contributed by atoms with Crippen molar-refractivity contribution in [3.63, 3.8) is 0 Å². The highest BCUT2D eigenvalue weighted by atomic mass is 79.9. The van der Waals surface area contributed by atoms with E-state index in [1.807, 2.05) is 4.68 Å². The number of aliphatic hydroxyl groups is 1. The van der Waals surface area contributed by atoms with E-state index in [0.29, 0.717) is 0 Å². The number of likely N-dealkylation sites (N-methyl/N-ethyl adjacent to an activating group) is 1. The van der Waals surface area contributed by atoms with Gasteiger partial charge in [-0.15, -0.1) is 0 Å². The van der Waals surface area contributed by atoms with Gasteiger partial charge in [0.25, 0.3) is 0 Å². The first kappa shape index (κ1) is 16.9. The van der Waals surface area contributed by atoms with E-state index in [2.05, 4.69) is 51.8 Å². The van der Waals surface area contributed by atoms with Crippen LogP contribution in [0.4, 0.5) is 0 Å². The van der Waals surface area contributed by atoms with Crippen LogP contribution in [-0.4, -0.2) is 65.0 Å². The van der Waals surface area contributed by atoms with Crippen molar-refractivity contribution < 1.29 is 5.11 Å². The summed E-state index contributed by atoms with van der Waals surface area (Å²) in [6.07, 6.45) is 4.53. The lowest BCUT2D eigenvalue weighted by atomic mass is 9.88. The minimum atomic E-state index is -0.758. The molecule has 1 saturated heterocycles. The molecule has 0 bridgehead atoms. The van der Waals surface area contributed by atoms with E-state index in [1.54, 1.807) is 6.20 Å². The summed E-state index contributed by atoms with van der Waals surface area (Å²) < 4.78 is 2.88. The first-order valence-electron chi connectivity index (χ1n) is 7.77. The van der Waals surface area contributed by atoms with E-state index in [0.717, 1.165) is 55.7 Å². The molecular formula is C15H27BrN4O. The van der Waals surface area contributed by atoms with Crippen molar-refractivity contribution in [2.45, 2.75) is 38.3 Å². The van der Waals surface area contributed by atoms with Gasteiger partial charge in [0.05, 0.1) is 22.9 Å². The molecule has 120 valence electrons. The third kappa shape index (κ3) is 4.06. The number of halogens is 1. The van der Waals surface area contributed by atoms with E-state index in [4.69, 9.17) is 0 Å². The predicted molar refractivity (Wildman–Crippen MR) is 88.3 cm³/mol. The minimum Gasteiger partial charge on any atom is -0.383 e. The van der Waals surface area contributed by atoms with Gasteiger partial charge in [0.15, 0.2) is 0 Å². The fourth-order valence-electron chi connectivity index (χ4n) is 2.99. The molecule has 1 fully saturated rings. The van der Waals surface area contributed by atoms with Crippen molar-refractivity contribution in [1.29, 1.82) is 0 Å². The Balaban J connectivity index is 2.11. The van der Waals surface area contributed by atoms with E-state index in [9.17, 15) is 5.11 Å². The Morgan fingerprint density at radius 2 is 2.00 bits per heavy atom. The number of aromatic nitrogens is 2. The van der Waals surface area contributed by atoms with Crippen LogP contribution in [0.2, 0.25) is 0 Å². The second-order valence-electron chi connectivity index (χ2n) is 6.24. The van der Waals surface area contributed by atoms with Gasteiger partial charge in [-0.05, 0) is 55.8 Å². The number of piperidine rings is 1. The zero-order valence-electron chi connectivity index (χ0n) is 13.3.